The lowest BCUT2D eigenvalue weighted by Gasteiger charge is -2.40. The number of amides is 1. The number of Topliss-reactive ketones (excluding diaryl/α,β-unsaturated/α-hetero) is 2. The van der Waals surface area contributed by atoms with E-state index in [4.69, 9.17) is 15.2 Å². The number of benzene rings is 1. The van der Waals surface area contributed by atoms with Crippen LogP contribution in [0.4, 0.5) is 27.6 Å². The lowest BCUT2D eigenvalue weighted by Crippen LogP contribution is -2.47. The molecule has 0 radical (unpaired) electrons. The average Bonchev–Trinajstić information content (AvgIpc) is 3.20. The van der Waals surface area contributed by atoms with Gasteiger partial charge in [0, 0.05) is 48.7 Å². The number of likely N-dealkylation sites (tertiary alicyclic amines) is 1. The number of alkyl halides is 5. The highest BCUT2D eigenvalue weighted by atomic mass is 79.9. The number of carbonyl (C=O) groups excluding carboxylic acids is 4. The quantitative estimate of drug-likeness (QED) is 0.0630. The number of hydrogen-bond acceptors (Lipinski definition) is 8. The minimum atomic E-state index is -4.34. The van der Waals surface area contributed by atoms with Crippen LogP contribution >= 0.6 is 15.9 Å². The molecule has 1 aromatic carbocycles. The van der Waals surface area contributed by atoms with E-state index in [2.05, 4.69) is 43.3 Å². The van der Waals surface area contributed by atoms with E-state index in [0.29, 0.717) is 42.1 Å². The number of unbranched alkanes of at least 4 members (excludes halogenated alkanes) is 1. The zero-order valence-electron chi connectivity index (χ0n) is 38.8. The number of carbonyl (C=O) groups is 4. The standard InChI is InChI=1S/C18H31F2NO2.C17H22N2O4.C9H10BrF3.C4H10/c1-2-14-10-17(11-14)23-16-6-8-21(9-7-16)12-18(19,20)13-22-15-4-3-5-15;1-4-14(22)6-8-16(11(2)21)19(3)17(23)15-7-5-13(18)9-12(15)10-20;1-4-7(10)5-8(6(2)3)9(11,12)13;1-3-4-2/h14-17H,2-13H2,1H3;5,7,9-10,16H,4,6,8,18H2,1-3H3;4-5H,2H2,1,3H3;3-4H2,1-2H3/b;;7-4+,8-5+;. The van der Waals surface area contributed by atoms with Gasteiger partial charge in [-0.3, -0.25) is 24.1 Å². The van der Waals surface area contributed by atoms with E-state index in [1.165, 1.54) is 82.2 Å². The van der Waals surface area contributed by atoms with Crippen LogP contribution < -0.4 is 5.73 Å². The predicted molar refractivity (Wildman–Crippen MR) is 245 cm³/mol. The molecule has 9 nitrogen and oxygen atoms in total. The number of ether oxygens (including phenoxy) is 2. The van der Waals surface area contributed by atoms with E-state index in [1.807, 2.05) is 4.90 Å². The van der Waals surface area contributed by atoms with Crippen molar-refractivity contribution in [3.8, 4) is 0 Å². The fourth-order valence-corrected chi connectivity index (χ4v) is 6.99. The highest BCUT2D eigenvalue weighted by Crippen LogP contribution is 2.35. The Morgan fingerprint density at radius 2 is 1.59 bits per heavy atom. The fraction of sp³-hybridized carbons (Fsp3) is 0.667. The zero-order valence-corrected chi connectivity index (χ0v) is 40.4. The third-order valence-corrected chi connectivity index (χ3v) is 12.0. The van der Waals surface area contributed by atoms with Crippen LogP contribution in [0.1, 0.15) is 153 Å². The summed E-state index contributed by atoms with van der Waals surface area (Å²) < 4.78 is 76.6. The molecule has 2 aliphatic carbocycles. The Morgan fingerprint density at radius 3 is 2.03 bits per heavy atom. The second-order valence-electron chi connectivity index (χ2n) is 16.6. The Bertz CT molecular complexity index is 1650. The van der Waals surface area contributed by atoms with Crippen LogP contribution in [-0.4, -0.2) is 103 Å². The first-order chi connectivity index (χ1) is 29.5. The van der Waals surface area contributed by atoms with E-state index in [0.717, 1.165) is 44.1 Å². The average molecular weight is 963 g/mol. The number of piperidine rings is 1. The first kappa shape index (κ1) is 57.7. The van der Waals surface area contributed by atoms with Crippen molar-refractivity contribution in [2.45, 2.75) is 168 Å². The van der Waals surface area contributed by atoms with E-state index >= 15 is 0 Å². The largest absolute Gasteiger partial charge is 0.416 e. The molecule has 63 heavy (non-hydrogen) atoms. The molecular weight excluding hydrogens is 889 g/mol. The van der Waals surface area contributed by atoms with Crippen molar-refractivity contribution in [2.75, 3.05) is 39.0 Å². The van der Waals surface area contributed by atoms with Gasteiger partial charge in [0.1, 0.15) is 12.4 Å². The van der Waals surface area contributed by atoms with Crippen LogP contribution in [0.15, 0.2) is 52.6 Å². The minimum absolute atomic E-state index is 0.00583. The van der Waals surface area contributed by atoms with Gasteiger partial charge in [-0.1, -0.05) is 75.5 Å². The third kappa shape index (κ3) is 22.0. The van der Waals surface area contributed by atoms with E-state index < -0.39 is 36.2 Å². The van der Waals surface area contributed by atoms with Gasteiger partial charge in [0.05, 0.1) is 42.0 Å². The Morgan fingerprint density at radius 1 is 0.984 bits per heavy atom. The topological polar surface area (TPSA) is 119 Å². The molecule has 2 N–H and O–H groups in total. The summed E-state index contributed by atoms with van der Waals surface area (Å²) >= 11 is 2.98. The van der Waals surface area contributed by atoms with Crippen LogP contribution in [0.2, 0.25) is 0 Å². The Hall–Kier alpha value is -3.27. The summed E-state index contributed by atoms with van der Waals surface area (Å²) in [5.74, 6) is -2.50. The van der Waals surface area contributed by atoms with Crippen LogP contribution in [0.25, 0.3) is 0 Å². The van der Waals surface area contributed by atoms with E-state index in [9.17, 15) is 41.1 Å². The smallest absolute Gasteiger partial charge is 0.399 e. The monoisotopic (exact) mass is 961 g/mol. The summed E-state index contributed by atoms with van der Waals surface area (Å²) in [6.07, 6.45) is 11.5. The lowest BCUT2D eigenvalue weighted by atomic mass is 9.80. The molecule has 15 heteroatoms. The van der Waals surface area contributed by atoms with Gasteiger partial charge in [-0.2, -0.15) is 13.2 Å². The molecule has 1 aromatic rings. The molecule has 2 saturated carbocycles. The highest BCUT2D eigenvalue weighted by molar-refractivity contribution is 9.11. The van der Waals surface area contributed by atoms with Gasteiger partial charge in [0.2, 0.25) is 0 Å². The van der Waals surface area contributed by atoms with Gasteiger partial charge < -0.3 is 20.1 Å². The zero-order chi connectivity index (χ0) is 47.9. The normalized spacial score (nSPS) is 19.0. The molecule has 1 aliphatic heterocycles. The number of nitrogens with two attached hydrogens (primary N) is 1. The number of allylic oxidation sites excluding steroid dienone is 5. The molecule has 3 aliphatic rings. The summed E-state index contributed by atoms with van der Waals surface area (Å²) in [5, 5.41) is 0. The SMILES string of the molecule is C=C(C)/C(=C\C(Br)=C/C)C(F)(F)F.CCC(=O)CCC(C(C)=O)N(C)C(=O)c1ccc(N)cc1C=O.CCC1CC(OC2CCN(CC(F)(F)COC3CCC3)CC2)C1.CCCC. The molecular formula is C48H73BrF5N3O6. The number of halogens is 6. The molecule has 1 amide bonds. The van der Waals surface area contributed by atoms with Crippen molar-refractivity contribution < 1.29 is 50.6 Å². The second-order valence-corrected chi connectivity index (χ2v) is 17.6. The summed E-state index contributed by atoms with van der Waals surface area (Å²) in [6.45, 7) is 16.8. The molecule has 1 atom stereocenters. The number of aldehydes is 1. The van der Waals surface area contributed by atoms with Gasteiger partial charge >= 0.3 is 6.18 Å². The molecule has 3 fully saturated rings. The molecule has 0 spiro atoms. The highest BCUT2D eigenvalue weighted by Gasteiger charge is 2.37. The van der Waals surface area contributed by atoms with E-state index in [1.54, 1.807) is 13.8 Å². The van der Waals surface area contributed by atoms with Gasteiger partial charge in [0.25, 0.3) is 11.8 Å². The Labute approximate surface area is 381 Å². The number of rotatable bonds is 19. The van der Waals surface area contributed by atoms with Gasteiger partial charge in [-0.25, -0.2) is 8.78 Å². The summed E-state index contributed by atoms with van der Waals surface area (Å²) in [7, 11) is 1.50. The molecule has 4 rings (SSSR count). The van der Waals surface area contributed by atoms with Crippen LogP contribution in [0, 0.1) is 5.92 Å². The molecule has 0 bridgehead atoms. The van der Waals surface area contributed by atoms with E-state index in [-0.39, 0.29) is 59.9 Å². The van der Waals surface area contributed by atoms with Gasteiger partial charge in [-0.05, 0) is 108 Å². The third-order valence-electron chi connectivity index (χ3n) is 11.3. The van der Waals surface area contributed by atoms with Crippen molar-refractivity contribution in [1.82, 2.24) is 9.80 Å². The number of nitrogen functional groups attached to an aromatic ring is 1. The molecule has 1 unspecified atom stereocenters. The maximum absolute atomic E-state index is 14.0. The first-order valence-electron chi connectivity index (χ1n) is 22.3. The van der Waals surface area contributed by atoms with Crippen molar-refractivity contribution >= 4 is 45.4 Å². The number of likely N-dealkylation sites (N-methyl/N-ethyl adjacent to an activating group) is 1. The van der Waals surface area contributed by atoms with Crippen molar-refractivity contribution in [1.29, 1.82) is 0 Å². The Balaban J connectivity index is 0.000000470. The van der Waals surface area contributed by atoms with Gasteiger partial charge in [0.15, 0.2) is 12.1 Å². The maximum Gasteiger partial charge on any atom is 0.416 e. The number of anilines is 1. The maximum atomic E-state index is 14.0. The number of nitrogens with zero attached hydrogens (tertiary/aromatic N) is 2. The molecule has 358 valence electrons. The van der Waals surface area contributed by atoms with Crippen molar-refractivity contribution in [2.24, 2.45) is 5.92 Å². The molecule has 0 aromatic heterocycles. The number of ketones is 2. The van der Waals surface area contributed by atoms with Crippen LogP contribution in [-0.2, 0) is 19.1 Å². The number of hydrogen-bond donors (Lipinski definition) is 1. The summed E-state index contributed by atoms with van der Waals surface area (Å²) in [5.41, 5.74) is 5.64. The fourth-order valence-electron chi connectivity index (χ4n) is 6.76. The second kappa shape index (κ2) is 29.3. The van der Waals surface area contributed by atoms with Crippen molar-refractivity contribution in [3.63, 3.8) is 0 Å². The predicted octanol–water partition coefficient (Wildman–Crippen LogP) is 11.9. The summed E-state index contributed by atoms with van der Waals surface area (Å²) in [6, 6.07) is 3.70. The minimum Gasteiger partial charge on any atom is -0.399 e. The van der Waals surface area contributed by atoms with Crippen LogP contribution in [0.5, 0.6) is 0 Å². The summed E-state index contributed by atoms with van der Waals surface area (Å²) in [4.78, 5) is 50.2. The molecule has 1 heterocycles. The molecule has 1 saturated heterocycles. The Kier molecular flexibility index (Phi) is 26.9. The van der Waals surface area contributed by atoms with Crippen molar-refractivity contribution in [3.05, 3.63) is 63.7 Å². The first-order valence-corrected chi connectivity index (χ1v) is 23.1. The van der Waals surface area contributed by atoms with Gasteiger partial charge in [-0.15, -0.1) is 0 Å². The lowest BCUT2D eigenvalue weighted by molar-refractivity contribution is -0.136. The van der Waals surface area contributed by atoms with Crippen LogP contribution in [0.3, 0.4) is 0 Å².